The minimum Gasteiger partial charge on any atom is -0.381 e. The molecule has 1 aliphatic heterocycles. The molecular formula is C17H28N2O. The number of hydrogen-bond donors (Lipinski definition) is 1. The summed E-state index contributed by atoms with van der Waals surface area (Å²) in [5, 5.41) is 3.48. The summed E-state index contributed by atoms with van der Waals surface area (Å²) < 4.78 is 5.44. The van der Waals surface area contributed by atoms with Gasteiger partial charge in [0.1, 0.15) is 0 Å². The summed E-state index contributed by atoms with van der Waals surface area (Å²) in [6.45, 7) is 8.17. The fourth-order valence-electron chi connectivity index (χ4n) is 2.70. The molecule has 0 radical (unpaired) electrons. The van der Waals surface area contributed by atoms with E-state index in [9.17, 15) is 0 Å². The number of nitrogens with zero attached hydrogens (tertiary/aromatic N) is 1. The van der Waals surface area contributed by atoms with E-state index in [0.29, 0.717) is 12.1 Å². The number of hydrogen-bond acceptors (Lipinski definition) is 3. The molecule has 1 fully saturated rings. The molecule has 0 amide bonds. The average Bonchev–Trinajstić information content (AvgIpc) is 2.46. The predicted octanol–water partition coefficient (Wildman–Crippen LogP) is 2.80. The zero-order valence-corrected chi connectivity index (χ0v) is 13.1. The van der Waals surface area contributed by atoms with Crippen molar-refractivity contribution in [3.63, 3.8) is 0 Å². The SMILES string of the molecule is CC(C)NCc1cccc(CN(C)C2CCOCC2)c1. The van der Waals surface area contributed by atoms with Gasteiger partial charge in [0, 0.05) is 38.4 Å². The lowest BCUT2D eigenvalue weighted by Gasteiger charge is -2.31. The van der Waals surface area contributed by atoms with E-state index in [0.717, 1.165) is 39.1 Å². The van der Waals surface area contributed by atoms with Crippen molar-refractivity contribution < 1.29 is 4.74 Å². The molecule has 1 aliphatic rings. The van der Waals surface area contributed by atoms with Gasteiger partial charge in [-0.15, -0.1) is 0 Å². The molecule has 0 saturated carbocycles. The molecule has 0 atom stereocenters. The monoisotopic (exact) mass is 276 g/mol. The maximum atomic E-state index is 5.44. The zero-order chi connectivity index (χ0) is 14.4. The minimum absolute atomic E-state index is 0.531. The molecule has 112 valence electrons. The molecule has 1 heterocycles. The van der Waals surface area contributed by atoms with Crippen molar-refractivity contribution >= 4 is 0 Å². The second-order valence-corrected chi connectivity index (χ2v) is 6.11. The van der Waals surface area contributed by atoms with E-state index in [1.165, 1.54) is 11.1 Å². The maximum Gasteiger partial charge on any atom is 0.0480 e. The van der Waals surface area contributed by atoms with E-state index >= 15 is 0 Å². The molecule has 0 unspecified atom stereocenters. The van der Waals surface area contributed by atoms with Crippen LogP contribution in [0.2, 0.25) is 0 Å². The van der Waals surface area contributed by atoms with Crippen molar-refractivity contribution in [3.05, 3.63) is 35.4 Å². The van der Waals surface area contributed by atoms with Crippen LogP contribution < -0.4 is 5.32 Å². The highest BCUT2D eigenvalue weighted by Crippen LogP contribution is 2.16. The quantitative estimate of drug-likeness (QED) is 0.864. The Kier molecular flexibility index (Phi) is 6.02. The first-order chi connectivity index (χ1) is 9.65. The molecule has 1 saturated heterocycles. The Hall–Kier alpha value is -0.900. The van der Waals surface area contributed by atoms with Gasteiger partial charge in [-0.3, -0.25) is 4.90 Å². The van der Waals surface area contributed by atoms with Crippen LogP contribution in [-0.2, 0) is 17.8 Å². The van der Waals surface area contributed by atoms with E-state index in [4.69, 9.17) is 4.74 Å². The summed E-state index contributed by atoms with van der Waals surface area (Å²) in [5.41, 5.74) is 2.78. The normalized spacial score (nSPS) is 17.1. The Morgan fingerprint density at radius 1 is 1.25 bits per heavy atom. The molecule has 0 aliphatic carbocycles. The van der Waals surface area contributed by atoms with Crippen LogP contribution in [0.4, 0.5) is 0 Å². The fourth-order valence-corrected chi connectivity index (χ4v) is 2.70. The first kappa shape index (κ1) is 15.5. The highest BCUT2D eigenvalue weighted by atomic mass is 16.5. The first-order valence-corrected chi connectivity index (χ1v) is 7.74. The molecule has 20 heavy (non-hydrogen) atoms. The molecule has 0 bridgehead atoms. The Labute approximate surface area is 123 Å². The highest BCUT2D eigenvalue weighted by Gasteiger charge is 2.18. The summed E-state index contributed by atoms with van der Waals surface area (Å²) in [6, 6.07) is 10.1. The fraction of sp³-hybridized carbons (Fsp3) is 0.647. The van der Waals surface area contributed by atoms with Gasteiger partial charge in [-0.1, -0.05) is 38.1 Å². The van der Waals surface area contributed by atoms with E-state index in [2.05, 4.69) is 55.4 Å². The van der Waals surface area contributed by atoms with Crippen molar-refractivity contribution in [3.8, 4) is 0 Å². The molecule has 3 nitrogen and oxygen atoms in total. The van der Waals surface area contributed by atoms with Gasteiger partial charge in [-0.05, 0) is 31.0 Å². The van der Waals surface area contributed by atoms with Crippen molar-refractivity contribution in [2.24, 2.45) is 0 Å². The van der Waals surface area contributed by atoms with Crippen molar-refractivity contribution in [2.45, 2.75) is 51.9 Å². The topological polar surface area (TPSA) is 24.5 Å². The third kappa shape index (κ3) is 4.89. The summed E-state index contributed by atoms with van der Waals surface area (Å²) in [5.74, 6) is 0. The van der Waals surface area contributed by atoms with Crippen LogP contribution in [0.5, 0.6) is 0 Å². The lowest BCUT2D eigenvalue weighted by molar-refractivity contribution is 0.0407. The van der Waals surface area contributed by atoms with E-state index in [1.807, 2.05) is 0 Å². The number of nitrogens with one attached hydrogen (secondary N) is 1. The van der Waals surface area contributed by atoms with Crippen molar-refractivity contribution in [2.75, 3.05) is 20.3 Å². The smallest absolute Gasteiger partial charge is 0.0480 e. The Morgan fingerprint density at radius 3 is 2.65 bits per heavy atom. The van der Waals surface area contributed by atoms with Crippen molar-refractivity contribution in [1.29, 1.82) is 0 Å². The summed E-state index contributed by atoms with van der Waals surface area (Å²) in [7, 11) is 2.23. The van der Waals surface area contributed by atoms with Gasteiger partial charge in [-0.25, -0.2) is 0 Å². The number of benzene rings is 1. The van der Waals surface area contributed by atoms with Crippen LogP contribution in [0.3, 0.4) is 0 Å². The van der Waals surface area contributed by atoms with Crippen LogP contribution in [0.1, 0.15) is 37.8 Å². The van der Waals surface area contributed by atoms with Crippen LogP contribution in [0, 0.1) is 0 Å². The minimum atomic E-state index is 0.531. The van der Waals surface area contributed by atoms with Crippen LogP contribution in [0.25, 0.3) is 0 Å². The Balaban J connectivity index is 1.89. The van der Waals surface area contributed by atoms with Crippen molar-refractivity contribution in [1.82, 2.24) is 10.2 Å². The van der Waals surface area contributed by atoms with Crippen LogP contribution >= 0.6 is 0 Å². The predicted molar refractivity (Wildman–Crippen MR) is 83.7 cm³/mol. The molecule has 1 aromatic rings. The van der Waals surface area contributed by atoms with E-state index in [-0.39, 0.29) is 0 Å². The Bertz CT molecular complexity index is 400. The molecule has 1 N–H and O–H groups in total. The maximum absolute atomic E-state index is 5.44. The molecule has 1 aromatic carbocycles. The summed E-state index contributed by atoms with van der Waals surface area (Å²) >= 11 is 0. The van der Waals surface area contributed by atoms with E-state index in [1.54, 1.807) is 0 Å². The largest absolute Gasteiger partial charge is 0.381 e. The van der Waals surface area contributed by atoms with Gasteiger partial charge in [0.25, 0.3) is 0 Å². The molecule has 0 aromatic heterocycles. The van der Waals surface area contributed by atoms with Gasteiger partial charge in [0.15, 0.2) is 0 Å². The van der Waals surface area contributed by atoms with Gasteiger partial charge < -0.3 is 10.1 Å². The number of rotatable bonds is 6. The number of ether oxygens (including phenoxy) is 1. The standard InChI is InChI=1S/C17H28N2O/c1-14(2)18-12-15-5-4-6-16(11-15)13-19(3)17-7-9-20-10-8-17/h4-6,11,14,17-18H,7-10,12-13H2,1-3H3. The first-order valence-electron chi connectivity index (χ1n) is 7.74. The molecule has 0 spiro atoms. The van der Waals surface area contributed by atoms with E-state index < -0.39 is 0 Å². The average molecular weight is 276 g/mol. The third-order valence-electron chi connectivity index (χ3n) is 3.95. The molecular weight excluding hydrogens is 248 g/mol. The molecule has 2 rings (SSSR count). The van der Waals surface area contributed by atoms with Gasteiger partial charge in [0.05, 0.1) is 0 Å². The third-order valence-corrected chi connectivity index (χ3v) is 3.95. The van der Waals surface area contributed by atoms with Gasteiger partial charge in [0.2, 0.25) is 0 Å². The van der Waals surface area contributed by atoms with Crippen LogP contribution in [-0.4, -0.2) is 37.2 Å². The highest BCUT2D eigenvalue weighted by molar-refractivity contribution is 5.23. The zero-order valence-electron chi connectivity index (χ0n) is 13.1. The van der Waals surface area contributed by atoms with Gasteiger partial charge >= 0.3 is 0 Å². The summed E-state index contributed by atoms with van der Waals surface area (Å²) in [6.07, 6.45) is 2.32. The second-order valence-electron chi connectivity index (χ2n) is 6.11. The lowest BCUT2D eigenvalue weighted by atomic mass is 10.1. The second kappa shape index (κ2) is 7.77. The lowest BCUT2D eigenvalue weighted by Crippen LogP contribution is -2.36. The summed E-state index contributed by atoms with van der Waals surface area (Å²) in [4.78, 5) is 2.47. The Morgan fingerprint density at radius 2 is 1.95 bits per heavy atom. The van der Waals surface area contributed by atoms with Crippen LogP contribution in [0.15, 0.2) is 24.3 Å². The van der Waals surface area contributed by atoms with Gasteiger partial charge in [-0.2, -0.15) is 0 Å². The molecule has 3 heteroatoms.